The Labute approximate surface area is 125 Å². The van der Waals surface area contributed by atoms with Crippen LogP contribution in [0.3, 0.4) is 0 Å². The Morgan fingerprint density at radius 1 is 1.38 bits per heavy atom. The second-order valence-corrected chi connectivity index (χ2v) is 4.91. The van der Waals surface area contributed by atoms with Crippen LogP contribution in [0.5, 0.6) is 0 Å². The van der Waals surface area contributed by atoms with Gasteiger partial charge in [-0.25, -0.2) is 9.78 Å². The van der Waals surface area contributed by atoms with Gasteiger partial charge in [-0.05, 0) is 20.3 Å². The van der Waals surface area contributed by atoms with E-state index in [1.807, 2.05) is 13.8 Å². The summed E-state index contributed by atoms with van der Waals surface area (Å²) in [6.07, 6.45) is 1.29. The number of methoxy groups -OCH3 is 1. The summed E-state index contributed by atoms with van der Waals surface area (Å²) in [6, 6.07) is 0. The van der Waals surface area contributed by atoms with E-state index in [0.29, 0.717) is 13.1 Å². The predicted octanol–water partition coefficient (Wildman–Crippen LogP) is 1.51. The molecule has 0 aliphatic carbocycles. The molecule has 2 N–H and O–H groups in total. The first-order valence-corrected chi connectivity index (χ1v) is 7.09. The molecule has 7 nitrogen and oxygen atoms in total. The molecule has 1 aromatic rings. The van der Waals surface area contributed by atoms with Gasteiger partial charge in [-0.1, -0.05) is 13.3 Å². The predicted molar refractivity (Wildman–Crippen MR) is 78.8 cm³/mol. The molecule has 0 fully saturated rings. The van der Waals surface area contributed by atoms with Crippen LogP contribution in [0.15, 0.2) is 0 Å². The average Bonchev–Trinajstić information content (AvgIpc) is 2.78. The molecule has 0 bridgehead atoms. The Hall–Kier alpha value is -2.05. The Kier molecular flexibility index (Phi) is 6.71. The summed E-state index contributed by atoms with van der Waals surface area (Å²) in [5, 5.41) is 2.41. The molecule has 0 saturated heterocycles. The maximum atomic E-state index is 12.2. The number of H-pyrrole nitrogens is 1. The van der Waals surface area contributed by atoms with Gasteiger partial charge in [0.2, 0.25) is 5.91 Å². The van der Waals surface area contributed by atoms with Crippen LogP contribution in [0, 0.1) is 13.8 Å². The van der Waals surface area contributed by atoms with E-state index >= 15 is 0 Å². The zero-order valence-corrected chi connectivity index (χ0v) is 13.2. The zero-order valence-electron chi connectivity index (χ0n) is 13.2. The van der Waals surface area contributed by atoms with Gasteiger partial charge in [-0.15, -0.1) is 0 Å². The Bertz CT molecular complexity index is 465. The van der Waals surface area contributed by atoms with Crippen molar-refractivity contribution in [3.05, 3.63) is 17.2 Å². The van der Waals surface area contributed by atoms with E-state index in [-0.39, 0.29) is 12.5 Å². The van der Waals surface area contributed by atoms with Gasteiger partial charge in [0.1, 0.15) is 12.4 Å². The number of ether oxygens (including phenoxy) is 1. The zero-order chi connectivity index (χ0) is 15.8. The van der Waals surface area contributed by atoms with Crippen LogP contribution in [0.1, 0.15) is 37.0 Å². The first-order chi connectivity index (χ1) is 9.97. The summed E-state index contributed by atoms with van der Waals surface area (Å²) in [6.45, 7) is 6.91. The minimum Gasteiger partial charge on any atom is -0.453 e. The summed E-state index contributed by atoms with van der Waals surface area (Å²) >= 11 is 0. The lowest BCUT2D eigenvalue weighted by Crippen LogP contribution is -2.40. The maximum absolute atomic E-state index is 12.2. The van der Waals surface area contributed by atoms with Gasteiger partial charge < -0.3 is 19.9 Å². The van der Waals surface area contributed by atoms with Gasteiger partial charge >= 0.3 is 6.09 Å². The van der Waals surface area contributed by atoms with Crippen molar-refractivity contribution in [2.45, 2.75) is 40.2 Å². The number of nitrogens with zero attached hydrogens (tertiary/aromatic N) is 2. The lowest BCUT2D eigenvalue weighted by atomic mass is 10.3. The molecule has 7 heteroatoms. The average molecular weight is 296 g/mol. The second-order valence-electron chi connectivity index (χ2n) is 4.91. The van der Waals surface area contributed by atoms with E-state index in [1.54, 1.807) is 4.90 Å². The van der Waals surface area contributed by atoms with E-state index in [4.69, 9.17) is 0 Å². The number of imidazole rings is 1. The SMILES string of the molecule is CCCCN(Cc1nc(C)c(C)[nH]1)C(=O)CNC(=O)OC. The Balaban J connectivity index is 2.65. The smallest absolute Gasteiger partial charge is 0.407 e. The third-order valence-electron chi connectivity index (χ3n) is 3.22. The van der Waals surface area contributed by atoms with Gasteiger partial charge in [0.05, 0.1) is 19.3 Å². The fourth-order valence-electron chi connectivity index (χ4n) is 1.85. The van der Waals surface area contributed by atoms with Gasteiger partial charge in [-0.2, -0.15) is 0 Å². The van der Waals surface area contributed by atoms with Crippen LogP contribution < -0.4 is 5.32 Å². The van der Waals surface area contributed by atoms with Crippen molar-refractivity contribution in [2.24, 2.45) is 0 Å². The minimum atomic E-state index is -0.608. The van der Waals surface area contributed by atoms with E-state index < -0.39 is 6.09 Å². The minimum absolute atomic E-state index is 0.0743. The van der Waals surface area contributed by atoms with Crippen molar-refractivity contribution >= 4 is 12.0 Å². The van der Waals surface area contributed by atoms with E-state index in [1.165, 1.54) is 7.11 Å². The summed E-state index contributed by atoms with van der Waals surface area (Å²) < 4.78 is 4.46. The second kappa shape index (κ2) is 8.28. The number of rotatable bonds is 7. The molecule has 0 aliphatic heterocycles. The number of aryl methyl sites for hydroxylation is 2. The van der Waals surface area contributed by atoms with Crippen molar-refractivity contribution in [3.63, 3.8) is 0 Å². The molecule has 0 aliphatic rings. The van der Waals surface area contributed by atoms with Gasteiger partial charge in [0.15, 0.2) is 0 Å². The van der Waals surface area contributed by atoms with Crippen molar-refractivity contribution in [2.75, 3.05) is 20.2 Å². The fraction of sp³-hybridized carbons (Fsp3) is 0.643. The van der Waals surface area contributed by atoms with E-state index in [0.717, 1.165) is 30.1 Å². The Morgan fingerprint density at radius 3 is 2.62 bits per heavy atom. The van der Waals surface area contributed by atoms with Gasteiger partial charge in [0, 0.05) is 12.2 Å². The number of aromatic amines is 1. The summed E-state index contributed by atoms with van der Waals surface area (Å²) in [4.78, 5) is 32.5. The van der Waals surface area contributed by atoms with Crippen LogP contribution in [-0.2, 0) is 16.1 Å². The number of aromatic nitrogens is 2. The quantitative estimate of drug-likeness (QED) is 0.798. The number of hydrogen-bond acceptors (Lipinski definition) is 4. The monoisotopic (exact) mass is 296 g/mol. The molecule has 0 unspecified atom stereocenters. The highest BCUT2D eigenvalue weighted by molar-refractivity contribution is 5.82. The molecular formula is C14H24N4O3. The molecule has 21 heavy (non-hydrogen) atoms. The summed E-state index contributed by atoms with van der Waals surface area (Å²) in [5.41, 5.74) is 1.93. The van der Waals surface area contributed by atoms with Crippen molar-refractivity contribution in [3.8, 4) is 0 Å². The molecule has 0 spiro atoms. The number of nitrogens with one attached hydrogen (secondary N) is 2. The molecule has 0 aromatic carbocycles. The van der Waals surface area contributed by atoms with Gasteiger partial charge in [-0.3, -0.25) is 4.79 Å². The number of amides is 2. The number of alkyl carbamates (subject to hydrolysis) is 1. The summed E-state index contributed by atoms with van der Waals surface area (Å²) in [5.74, 6) is 0.605. The van der Waals surface area contributed by atoms with Crippen LogP contribution in [0.2, 0.25) is 0 Å². The molecule has 1 heterocycles. The number of hydrogen-bond donors (Lipinski definition) is 2. The largest absolute Gasteiger partial charge is 0.453 e. The molecular weight excluding hydrogens is 272 g/mol. The lowest BCUT2D eigenvalue weighted by molar-refractivity contribution is -0.131. The standard InChI is InChI=1S/C14H24N4O3/c1-5-6-7-18(13(19)8-15-14(20)21-4)9-12-16-10(2)11(3)17-12/h5-9H2,1-4H3,(H,15,20)(H,16,17). The van der Waals surface area contributed by atoms with Crippen molar-refractivity contribution < 1.29 is 14.3 Å². The third kappa shape index (κ3) is 5.45. The Morgan fingerprint density at radius 2 is 2.10 bits per heavy atom. The molecule has 0 atom stereocenters. The molecule has 2 amide bonds. The highest BCUT2D eigenvalue weighted by Gasteiger charge is 2.16. The summed E-state index contributed by atoms with van der Waals surface area (Å²) in [7, 11) is 1.27. The highest BCUT2D eigenvalue weighted by atomic mass is 16.5. The molecule has 0 saturated carbocycles. The molecule has 0 radical (unpaired) electrons. The van der Waals surface area contributed by atoms with Crippen molar-refractivity contribution in [1.29, 1.82) is 0 Å². The van der Waals surface area contributed by atoms with Crippen LogP contribution >= 0.6 is 0 Å². The number of unbranched alkanes of at least 4 members (excludes halogenated alkanes) is 1. The fourth-order valence-corrected chi connectivity index (χ4v) is 1.85. The number of carbonyl (C=O) groups excluding carboxylic acids is 2. The van der Waals surface area contributed by atoms with Crippen LogP contribution in [-0.4, -0.2) is 47.1 Å². The normalized spacial score (nSPS) is 10.3. The molecule has 1 aromatic heterocycles. The van der Waals surface area contributed by atoms with Crippen LogP contribution in [0.4, 0.5) is 4.79 Å². The maximum Gasteiger partial charge on any atom is 0.407 e. The molecule has 118 valence electrons. The number of carbonyl (C=O) groups is 2. The highest BCUT2D eigenvalue weighted by Crippen LogP contribution is 2.07. The van der Waals surface area contributed by atoms with Crippen LogP contribution in [0.25, 0.3) is 0 Å². The van der Waals surface area contributed by atoms with Gasteiger partial charge in [0.25, 0.3) is 0 Å². The first kappa shape index (κ1) is 17.0. The van der Waals surface area contributed by atoms with E-state index in [2.05, 4.69) is 26.9 Å². The third-order valence-corrected chi connectivity index (χ3v) is 3.22. The topological polar surface area (TPSA) is 87.3 Å². The molecule has 1 rings (SSSR count). The van der Waals surface area contributed by atoms with Crippen molar-refractivity contribution in [1.82, 2.24) is 20.2 Å². The lowest BCUT2D eigenvalue weighted by Gasteiger charge is -2.21. The van der Waals surface area contributed by atoms with E-state index in [9.17, 15) is 9.59 Å². The first-order valence-electron chi connectivity index (χ1n) is 7.09.